The molecular weight excluding hydrogens is 397 g/mol. The summed E-state index contributed by atoms with van der Waals surface area (Å²) in [5.41, 5.74) is 0.255. The van der Waals surface area contributed by atoms with E-state index in [1.165, 1.54) is 30.3 Å². The van der Waals surface area contributed by atoms with Crippen LogP contribution in [0.5, 0.6) is 11.5 Å². The van der Waals surface area contributed by atoms with Gasteiger partial charge in [-0.15, -0.1) is 0 Å². The number of non-ortho nitro benzene ring substituents is 1. The van der Waals surface area contributed by atoms with Crippen LogP contribution in [0.15, 0.2) is 40.9 Å². The average Bonchev–Trinajstić information content (AvgIpc) is 2.41. The van der Waals surface area contributed by atoms with E-state index in [4.69, 9.17) is 4.74 Å². The molecule has 0 aromatic heterocycles. The van der Waals surface area contributed by atoms with Crippen molar-refractivity contribution >= 4 is 37.5 Å². The number of alkyl halides is 1. The lowest BCUT2D eigenvalue weighted by molar-refractivity contribution is -0.384. The Balaban J connectivity index is 2.42. The fraction of sp³-hybridized carbons (Fsp3) is 0.0769. The van der Waals surface area contributed by atoms with Crippen LogP contribution < -0.4 is 4.74 Å². The number of rotatable bonds is 4. The molecule has 2 rings (SSSR count). The van der Waals surface area contributed by atoms with Crippen molar-refractivity contribution in [2.24, 2.45) is 0 Å². The van der Waals surface area contributed by atoms with Gasteiger partial charge in [-0.3, -0.25) is 10.1 Å². The zero-order chi connectivity index (χ0) is 14.7. The molecule has 0 fully saturated rings. The summed E-state index contributed by atoms with van der Waals surface area (Å²) in [6, 6.07) is 8.60. The van der Waals surface area contributed by atoms with Crippen molar-refractivity contribution in [2.75, 3.05) is 0 Å². The molecule has 0 bridgehead atoms. The zero-order valence-corrected chi connectivity index (χ0v) is 13.1. The van der Waals surface area contributed by atoms with Gasteiger partial charge < -0.3 is 4.74 Å². The van der Waals surface area contributed by atoms with Crippen LogP contribution in [0.3, 0.4) is 0 Å². The summed E-state index contributed by atoms with van der Waals surface area (Å²) < 4.78 is 19.8. The molecule has 0 N–H and O–H groups in total. The first-order chi connectivity index (χ1) is 9.52. The van der Waals surface area contributed by atoms with Crippen molar-refractivity contribution in [3.8, 4) is 11.5 Å². The first-order valence-corrected chi connectivity index (χ1v) is 7.39. The Hall–Kier alpha value is -1.47. The van der Waals surface area contributed by atoms with E-state index in [1.807, 2.05) is 0 Å². The van der Waals surface area contributed by atoms with Gasteiger partial charge in [0.2, 0.25) is 0 Å². The van der Waals surface area contributed by atoms with Crippen molar-refractivity contribution in [3.63, 3.8) is 0 Å². The molecule has 2 aromatic carbocycles. The van der Waals surface area contributed by atoms with Crippen LogP contribution in [0, 0.1) is 15.9 Å². The second-order valence-corrected chi connectivity index (χ2v) is 5.24. The maximum absolute atomic E-state index is 13.6. The minimum Gasteiger partial charge on any atom is -0.455 e. The quantitative estimate of drug-likeness (QED) is 0.400. The summed E-state index contributed by atoms with van der Waals surface area (Å²) >= 11 is 6.44. The van der Waals surface area contributed by atoms with E-state index in [9.17, 15) is 14.5 Å². The number of ether oxygens (including phenoxy) is 1. The van der Waals surface area contributed by atoms with E-state index in [1.54, 1.807) is 6.07 Å². The number of benzene rings is 2. The van der Waals surface area contributed by atoms with Gasteiger partial charge in [0.25, 0.3) is 5.69 Å². The van der Waals surface area contributed by atoms with Gasteiger partial charge in [0.15, 0.2) is 0 Å². The van der Waals surface area contributed by atoms with E-state index in [0.29, 0.717) is 15.8 Å². The molecule has 20 heavy (non-hydrogen) atoms. The van der Waals surface area contributed by atoms with Crippen LogP contribution in [0.25, 0.3) is 0 Å². The van der Waals surface area contributed by atoms with E-state index in [2.05, 4.69) is 31.9 Å². The third-order valence-corrected chi connectivity index (χ3v) is 3.77. The van der Waals surface area contributed by atoms with Gasteiger partial charge >= 0.3 is 0 Å². The lowest BCUT2D eigenvalue weighted by Gasteiger charge is -2.11. The Morgan fingerprint density at radius 1 is 1.25 bits per heavy atom. The summed E-state index contributed by atoms with van der Waals surface area (Å²) in [5, 5.41) is 11.0. The molecule has 0 atom stereocenters. The number of halogens is 3. The third-order valence-electron chi connectivity index (χ3n) is 2.56. The molecule has 0 radical (unpaired) electrons. The molecule has 7 heteroatoms. The van der Waals surface area contributed by atoms with Crippen LogP contribution in [-0.4, -0.2) is 4.92 Å². The minimum absolute atomic E-state index is 0.0972. The Kier molecular flexibility index (Phi) is 4.72. The highest BCUT2D eigenvalue weighted by Crippen LogP contribution is 2.35. The van der Waals surface area contributed by atoms with Crippen molar-refractivity contribution in [3.05, 3.63) is 62.4 Å². The second-order valence-electron chi connectivity index (χ2n) is 3.82. The van der Waals surface area contributed by atoms with Gasteiger partial charge in [-0.25, -0.2) is 4.39 Å². The summed E-state index contributed by atoms with van der Waals surface area (Å²) in [6.07, 6.45) is 0. The fourth-order valence-electron chi connectivity index (χ4n) is 1.57. The van der Waals surface area contributed by atoms with Crippen LogP contribution in [-0.2, 0) is 5.33 Å². The highest BCUT2D eigenvalue weighted by molar-refractivity contribution is 9.10. The van der Waals surface area contributed by atoms with Gasteiger partial charge in [0, 0.05) is 17.0 Å². The van der Waals surface area contributed by atoms with Crippen LogP contribution in [0.2, 0.25) is 0 Å². The Morgan fingerprint density at radius 3 is 2.65 bits per heavy atom. The van der Waals surface area contributed by atoms with Crippen molar-refractivity contribution in [1.29, 1.82) is 0 Å². The lowest BCUT2D eigenvalue weighted by Crippen LogP contribution is -1.95. The van der Waals surface area contributed by atoms with E-state index >= 15 is 0 Å². The van der Waals surface area contributed by atoms with Gasteiger partial charge in [-0.1, -0.05) is 22.0 Å². The molecule has 4 nitrogen and oxygen atoms in total. The average molecular weight is 405 g/mol. The normalized spacial score (nSPS) is 10.3. The number of nitro groups is 1. The molecule has 2 aromatic rings. The topological polar surface area (TPSA) is 52.4 Å². The van der Waals surface area contributed by atoms with E-state index in [-0.39, 0.29) is 16.8 Å². The molecule has 0 spiro atoms. The maximum atomic E-state index is 13.6. The standard InChI is InChI=1S/C13H8Br2FNO3/c14-7-9-11(16)2-1-3-12(9)20-13-6-8(17(18)19)4-5-10(13)15/h1-6H,7H2. The summed E-state index contributed by atoms with van der Waals surface area (Å²) in [5.74, 6) is 0.163. The molecule has 0 aliphatic rings. The smallest absolute Gasteiger partial charge is 0.273 e. The number of hydrogen-bond donors (Lipinski definition) is 0. The van der Waals surface area contributed by atoms with Gasteiger partial charge in [0.05, 0.1) is 15.5 Å². The van der Waals surface area contributed by atoms with E-state index in [0.717, 1.165) is 0 Å². The zero-order valence-electron chi connectivity index (χ0n) is 9.98. The summed E-state index contributed by atoms with van der Waals surface area (Å²) in [7, 11) is 0. The molecule has 0 unspecified atom stereocenters. The van der Waals surface area contributed by atoms with Crippen LogP contribution >= 0.6 is 31.9 Å². The predicted molar refractivity (Wildman–Crippen MR) is 79.9 cm³/mol. The lowest BCUT2D eigenvalue weighted by atomic mass is 10.2. The predicted octanol–water partition coefficient (Wildman–Crippen LogP) is 5.18. The molecule has 0 saturated carbocycles. The monoisotopic (exact) mass is 403 g/mol. The Bertz CT molecular complexity index is 664. The Labute approximate surface area is 131 Å². The molecule has 0 aliphatic carbocycles. The largest absolute Gasteiger partial charge is 0.455 e. The molecule has 0 aliphatic heterocycles. The molecule has 104 valence electrons. The summed E-state index contributed by atoms with van der Waals surface area (Å²) in [6.45, 7) is 0. The van der Waals surface area contributed by atoms with E-state index < -0.39 is 10.7 Å². The van der Waals surface area contributed by atoms with Crippen LogP contribution in [0.4, 0.5) is 10.1 Å². The fourth-order valence-corrected chi connectivity index (χ4v) is 2.44. The Morgan fingerprint density at radius 2 is 2.00 bits per heavy atom. The molecule has 0 heterocycles. The van der Waals surface area contributed by atoms with Crippen molar-refractivity contribution in [2.45, 2.75) is 5.33 Å². The SMILES string of the molecule is O=[N+]([O-])c1ccc(Br)c(Oc2cccc(F)c2CBr)c1. The molecule has 0 saturated heterocycles. The second kappa shape index (κ2) is 6.32. The highest BCUT2D eigenvalue weighted by atomic mass is 79.9. The number of hydrogen-bond acceptors (Lipinski definition) is 3. The van der Waals surface area contributed by atoms with Crippen molar-refractivity contribution < 1.29 is 14.1 Å². The number of nitro benzene ring substituents is 1. The first kappa shape index (κ1) is 14.9. The van der Waals surface area contributed by atoms with Gasteiger partial charge in [-0.05, 0) is 34.1 Å². The molecule has 0 amide bonds. The van der Waals surface area contributed by atoms with Gasteiger partial charge in [-0.2, -0.15) is 0 Å². The highest BCUT2D eigenvalue weighted by Gasteiger charge is 2.14. The van der Waals surface area contributed by atoms with Crippen molar-refractivity contribution in [1.82, 2.24) is 0 Å². The summed E-state index contributed by atoms with van der Waals surface area (Å²) in [4.78, 5) is 10.2. The number of nitrogens with zero attached hydrogens (tertiary/aromatic N) is 1. The molecular formula is C13H8Br2FNO3. The first-order valence-electron chi connectivity index (χ1n) is 5.48. The van der Waals surface area contributed by atoms with Gasteiger partial charge in [0.1, 0.15) is 17.3 Å². The maximum Gasteiger partial charge on any atom is 0.273 e. The van der Waals surface area contributed by atoms with Crippen LogP contribution in [0.1, 0.15) is 5.56 Å². The third kappa shape index (κ3) is 3.16. The minimum atomic E-state index is -0.518.